The highest BCUT2D eigenvalue weighted by Gasteiger charge is 2.32. The van der Waals surface area contributed by atoms with Crippen molar-refractivity contribution in [2.24, 2.45) is 11.7 Å². The van der Waals surface area contributed by atoms with Crippen molar-refractivity contribution in [3.63, 3.8) is 0 Å². The number of nitrogens with zero attached hydrogens (tertiary/aromatic N) is 1. The van der Waals surface area contributed by atoms with E-state index in [0.717, 1.165) is 31.7 Å². The van der Waals surface area contributed by atoms with Crippen LogP contribution in [-0.2, 0) is 6.42 Å². The summed E-state index contributed by atoms with van der Waals surface area (Å²) >= 11 is 0. The van der Waals surface area contributed by atoms with Crippen LogP contribution in [0.5, 0.6) is 0 Å². The Labute approximate surface area is 112 Å². The van der Waals surface area contributed by atoms with Crippen molar-refractivity contribution in [2.75, 3.05) is 0 Å². The van der Waals surface area contributed by atoms with Crippen LogP contribution in [0.2, 0.25) is 0 Å². The largest absolute Gasteiger partial charge is 0.325 e. The summed E-state index contributed by atoms with van der Waals surface area (Å²) in [7, 11) is 0. The maximum atomic E-state index is 13.3. The SMILES string of the molecule is CC1CCC(N)(Cc2cc(F)ccc2[N+](=O)[O-])CC1. The van der Waals surface area contributed by atoms with Crippen molar-refractivity contribution < 1.29 is 9.31 Å². The van der Waals surface area contributed by atoms with E-state index in [1.54, 1.807) is 0 Å². The Balaban J connectivity index is 2.22. The van der Waals surface area contributed by atoms with Gasteiger partial charge < -0.3 is 5.73 Å². The second-order valence-corrected chi connectivity index (χ2v) is 5.75. The smallest absolute Gasteiger partial charge is 0.272 e. The van der Waals surface area contributed by atoms with Gasteiger partial charge in [0, 0.05) is 17.2 Å². The minimum absolute atomic E-state index is 0.0372. The molecular weight excluding hydrogens is 247 g/mol. The molecule has 19 heavy (non-hydrogen) atoms. The highest BCUT2D eigenvalue weighted by Crippen LogP contribution is 2.34. The molecule has 2 rings (SSSR count). The molecule has 0 amide bonds. The van der Waals surface area contributed by atoms with E-state index in [2.05, 4.69) is 6.92 Å². The molecule has 0 radical (unpaired) electrons. The first kappa shape index (κ1) is 13.9. The Morgan fingerprint density at radius 1 is 1.47 bits per heavy atom. The van der Waals surface area contributed by atoms with Crippen molar-refractivity contribution in [3.8, 4) is 0 Å². The lowest BCUT2D eigenvalue weighted by Gasteiger charge is -2.36. The zero-order valence-electron chi connectivity index (χ0n) is 11.1. The first-order chi connectivity index (χ1) is 8.89. The Kier molecular flexibility index (Phi) is 3.85. The van der Waals surface area contributed by atoms with Gasteiger partial charge in [0.15, 0.2) is 0 Å². The maximum Gasteiger partial charge on any atom is 0.272 e. The average Bonchev–Trinajstić information content (AvgIpc) is 2.33. The van der Waals surface area contributed by atoms with Gasteiger partial charge in [0.2, 0.25) is 0 Å². The number of nitro groups is 1. The molecule has 0 spiro atoms. The molecule has 0 saturated heterocycles. The number of hydrogen-bond donors (Lipinski definition) is 1. The van der Waals surface area contributed by atoms with Crippen molar-refractivity contribution in [3.05, 3.63) is 39.7 Å². The molecule has 1 aliphatic rings. The lowest BCUT2D eigenvalue weighted by Crippen LogP contribution is -2.45. The molecule has 104 valence electrons. The molecule has 5 heteroatoms. The minimum Gasteiger partial charge on any atom is -0.325 e. The summed E-state index contributed by atoms with van der Waals surface area (Å²) in [6.45, 7) is 2.18. The molecule has 1 aromatic carbocycles. The minimum atomic E-state index is -0.469. The topological polar surface area (TPSA) is 69.2 Å². The van der Waals surface area contributed by atoms with Crippen LogP contribution in [0.1, 0.15) is 38.2 Å². The second kappa shape index (κ2) is 5.25. The van der Waals surface area contributed by atoms with Crippen LogP contribution in [0.4, 0.5) is 10.1 Å². The molecule has 1 aromatic rings. The normalized spacial score (nSPS) is 27.2. The first-order valence-electron chi connectivity index (χ1n) is 6.61. The number of halogens is 1. The average molecular weight is 266 g/mol. The molecule has 0 heterocycles. The number of benzene rings is 1. The van der Waals surface area contributed by atoms with Gasteiger partial charge in [0.1, 0.15) is 5.82 Å². The van der Waals surface area contributed by atoms with Crippen LogP contribution in [0, 0.1) is 21.8 Å². The lowest BCUT2D eigenvalue weighted by molar-refractivity contribution is -0.385. The van der Waals surface area contributed by atoms with Crippen LogP contribution in [0.25, 0.3) is 0 Å². The van der Waals surface area contributed by atoms with E-state index < -0.39 is 16.3 Å². The van der Waals surface area contributed by atoms with Crippen LogP contribution in [-0.4, -0.2) is 10.5 Å². The summed E-state index contributed by atoms with van der Waals surface area (Å²) in [4.78, 5) is 10.5. The molecule has 1 fully saturated rings. The molecule has 0 unspecified atom stereocenters. The lowest BCUT2D eigenvalue weighted by atomic mass is 9.74. The molecular formula is C14H19FN2O2. The summed E-state index contributed by atoms with van der Waals surface area (Å²) in [6, 6.07) is 3.58. The summed E-state index contributed by atoms with van der Waals surface area (Å²) in [5.41, 5.74) is 6.26. The predicted octanol–water partition coefficient (Wildman–Crippen LogP) is 3.18. The fraction of sp³-hybridized carbons (Fsp3) is 0.571. The molecule has 1 aliphatic carbocycles. The second-order valence-electron chi connectivity index (χ2n) is 5.75. The van der Waals surface area contributed by atoms with E-state index in [9.17, 15) is 14.5 Å². The zero-order chi connectivity index (χ0) is 14.0. The van der Waals surface area contributed by atoms with E-state index in [-0.39, 0.29) is 5.69 Å². The van der Waals surface area contributed by atoms with Crippen LogP contribution in [0.3, 0.4) is 0 Å². The molecule has 2 N–H and O–H groups in total. The molecule has 4 nitrogen and oxygen atoms in total. The molecule has 0 aliphatic heterocycles. The van der Waals surface area contributed by atoms with Gasteiger partial charge in [0.05, 0.1) is 4.92 Å². The summed E-state index contributed by atoms with van der Waals surface area (Å²) in [5, 5.41) is 11.0. The molecule has 0 aromatic heterocycles. The molecule has 1 saturated carbocycles. The fourth-order valence-electron chi connectivity index (χ4n) is 2.77. The molecule has 0 atom stereocenters. The Morgan fingerprint density at radius 3 is 2.68 bits per heavy atom. The maximum absolute atomic E-state index is 13.3. The molecule has 0 bridgehead atoms. The highest BCUT2D eigenvalue weighted by molar-refractivity contribution is 5.41. The third-order valence-corrected chi connectivity index (χ3v) is 4.05. The number of nitro benzene ring substituents is 1. The fourth-order valence-corrected chi connectivity index (χ4v) is 2.77. The predicted molar refractivity (Wildman–Crippen MR) is 71.3 cm³/mol. The Morgan fingerprint density at radius 2 is 2.11 bits per heavy atom. The summed E-state index contributed by atoms with van der Waals surface area (Å²) in [5.74, 6) is 0.201. The van der Waals surface area contributed by atoms with E-state index in [1.807, 2.05) is 0 Å². The number of rotatable bonds is 3. The number of hydrogen-bond acceptors (Lipinski definition) is 3. The van der Waals surface area contributed by atoms with E-state index in [1.165, 1.54) is 12.1 Å². The van der Waals surface area contributed by atoms with E-state index >= 15 is 0 Å². The third-order valence-electron chi connectivity index (χ3n) is 4.05. The monoisotopic (exact) mass is 266 g/mol. The van der Waals surface area contributed by atoms with Gasteiger partial charge >= 0.3 is 0 Å². The van der Waals surface area contributed by atoms with Gasteiger partial charge in [-0.2, -0.15) is 0 Å². The van der Waals surface area contributed by atoms with Crippen molar-refractivity contribution in [2.45, 2.75) is 44.6 Å². The van der Waals surface area contributed by atoms with Crippen molar-refractivity contribution in [1.82, 2.24) is 0 Å². The summed E-state index contributed by atoms with van der Waals surface area (Å²) in [6.07, 6.45) is 4.09. The first-order valence-corrected chi connectivity index (χ1v) is 6.61. The van der Waals surface area contributed by atoms with Gasteiger partial charge in [-0.25, -0.2) is 4.39 Å². The van der Waals surface area contributed by atoms with Crippen LogP contribution < -0.4 is 5.73 Å². The van der Waals surface area contributed by atoms with Crippen LogP contribution in [0.15, 0.2) is 18.2 Å². The van der Waals surface area contributed by atoms with Crippen molar-refractivity contribution in [1.29, 1.82) is 0 Å². The van der Waals surface area contributed by atoms with Gasteiger partial charge in [-0.05, 0) is 50.2 Å². The number of nitrogens with two attached hydrogens (primary N) is 1. The Bertz CT molecular complexity index is 482. The van der Waals surface area contributed by atoms with Gasteiger partial charge in [-0.1, -0.05) is 6.92 Å². The standard InChI is InChI=1S/C14H19FN2O2/c1-10-4-6-14(16,7-5-10)9-11-8-12(15)2-3-13(11)17(18)19/h2-3,8,10H,4-7,9,16H2,1H3. The van der Waals surface area contributed by atoms with E-state index in [4.69, 9.17) is 5.73 Å². The van der Waals surface area contributed by atoms with E-state index in [0.29, 0.717) is 17.9 Å². The van der Waals surface area contributed by atoms with Gasteiger partial charge in [-0.15, -0.1) is 0 Å². The van der Waals surface area contributed by atoms with Crippen molar-refractivity contribution >= 4 is 5.69 Å². The van der Waals surface area contributed by atoms with Gasteiger partial charge in [-0.3, -0.25) is 10.1 Å². The van der Waals surface area contributed by atoms with Gasteiger partial charge in [0.25, 0.3) is 5.69 Å². The summed E-state index contributed by atoms with van der Waals surface area (Å²) < 4.78 is 13.3. The quantitative estimate of drug-likeness (QED) is 0.674. The third kappa shape index (κ3) is 3.29. The Hall–Kier alpha value is -1.49. The van der Waals surface area contributed by atoms with Crippen LogP contribution >= 0.6 is 0 Å². The zero-order valence-corrected chi connectivity index (χ0v) is 11.1. The highest BCUT2D eigenvalue weighted by atomic mass is 19.1.